The van der Waals surface area contributed by atoms with Gasteiger partial charge in [-0.05, 0) is 31.0 Å². The SMILES string of the molecule is CCCCOc1ccc([C@@]2(C)CC(=O)NC2=O)cc1. The van der Waals surface area contributed by atoms with Crippen molar-refractivity contribution >= 4 is 11.8 Å². The first-order valence-corrected chi connectivity index (χ1v) is 6.64. The minimum absolute atomic E-state index is 0.210. The van der Waals surface area contributed by atoms with E-state index in [1.165, 1.54) is 0 Å². The molecule has 0 saturated carbocycles. The van der Waals surface area contributed by atoms with Crippen LogP contribution in [0.5, 0.6) is 5.75 Å². The quantitative estimate of drug-likeness (QED) is 0.653. The van der Waals surface area contributed by atoms with E-state index in [4.69, 9.17) is 4.74 Å². The maximum absolute atomic E-state index is 11.8. The number of unbranched alkanes of at least 4 members (excludes halogenated alkanes) is 1. The van der Waals surface area contributed by atoms with Gasteiger partial charge in [-0.1, -0.05) is 25.5 Å². The molecule has 4 heteroatoms. The highest BCUT2D eigenvalue weighted by atomic mass is 16.5. The van der Waals surface area contributed by atoms with Gasteiger partial charge in [-0.3, -0.25) is 14.9 Å². The van der Waals surface area contributed by atoms with Crippen LogP contribution in [0.3, 0.4) is 0 Å². The standard InChI is InChI=1S/C15H19NO3/c1-3-4-9-19-12-7-5-11(6-8-12)15(2)10-13(17)16-14(15)18/h5-8H,3-4,9-10H2,1-2H3,(H,16,17,18)/t15-/m1/s1. The van der Waals surface area contributed by atoms with Crippen LogP contribution in [-0.2, 0) is 15.0 Å². The molecule has 1 aliphatic rings. The largest absolute Gasteiger partial charge is 0.494 e. The molecule has 2 amide bonds. The molecule has 102 valence electrons. The molecule has 1 heterocycles. The zero-order valence-electron chi connectivity index (χ0n) is 11.4. The molecule has 19 heavy (non-hydrogen) atoms. The number of hydrogen-bond acceptors (Lipinski definition) is 3. The third-order valence-corrected chi connectivity index (χ3v) is 3.53. The van der Waals surface area contributed by atoms with Crippen LogP contribution in [0.4, 0.5) is 0 Å². The second kappa shape index (κ2) is 5.43. The Hall–Kier alpha value is -1.84. The smallest absolute Gasteiger partial charge is 0.237 e. The van der Waals surface area contributed by atoms with E-state index in [9.17, 15) is 9.59 Å². The summed E-state index contributed by atoms with van der Waals surface area (Å²) >= 11 is 0. The summed E-state index contributed by atoms with van der Waals surface area (Å²) in [6.07, 6.45) is 2.33. The number of rotatable bonds is 5. The summed E-state index contributed by atoms with van der Waals surface area (Å²) < 4.78 is 5.58. The van der Waals surface area contributed by atoms with Crippen molar-refractivity contribution in [2.75, 3.05) is 6.61 Å². The predicted octanol–water partition coefficient (Wildman–Crippen LogP) is 2.17. The molecule has 1 aromatic carbocycles. The zero-order chi connectivity index (χ0) is 13.9. The summed E-state index contributed by atoms with van der Waals surface area (Å²) in [5, 5.41) is 2.35. The molecular weight excluding hydrogens is 242 g/mol. The maximum atomic E-state index is 11.8. The molecule has 1 saturated heterocycles. The number of nitrogens with one attached hydrogen (secondary N) is 1. The lowest BCUT2D eigenvalue weighted by molar-refractivity contribution is -0.126. The summed E-state index contributed by atoms with van der Waals surface area (Å²) in [6.45, 7) is 4.61. The Morgan fingerprint density at radius 3 is 2.47 bits per heavy atom. The van der Waals surface area contributed by atoms with Gasteiger partial charge >= 0.3 is 0 Å². The van der Waals surface area contributed by atoms with Gasteiger partial charge in [-0.2, -0.15) is 0 Å². The lowest BCUT2D eigenvalue weighted by Gasteiger charge is -2.20. The average Bonchev–Trinajstić information content (AvgIpc) is 2.65. The van der Waals surface area contributed by atoms with Gasteiger partial charge in [0.1, 0.15) is 5.75 Å². The van der Waals surface area contributed by atoms with E-state index in [0.29, 0.717) is 6.61 Å². The number of ether oxygens (including phenoxy) is 1. The minimum atomic E-state index is -0.751. The van der Waals surface area contributed by atoms with E-state index in [-0.39, 0.29) is 18.2 Å². The first kappa shape index (κ1) is 13.6. The number of benzene rings is 1. The highest BCUT2D eigenvalue weighted by Gasteiger charge is 2.43. The summed E-state index contributed by atoms with van der Waals surface area (Å²) in [6, 6.07) is 7.43. The molecule has 1 N–H and O–H groups in total. The summed E-state index contributed by atoms with van der Waals surface area (Å²) in [4.78, 5) is 23.2. The Bertz CT molecular complexity index is 481. The van der Waals surface area contributed by atoms with Gasteiger partial charge in [0.05, 0.1) is 12.0 Å². The molecule has 0 aliphatic carbocycles. The Kier molecular flexibility index (Phi) is 3.88. The zero-order valence-corrected chi connectivity index (χ0v) is 11.4. The van der Waals surface area contributed by atoms with Gasteiger partial charge in [0.25, 0.3) is 0 Å². The van der Waals surface area contributed by atoms with Crippen LogP contribution < -0.4 is 10.1 Å². The number of amides is 2. The average molecular weight is 261 g/mol. The first-order chi connectivity index (χ1) is 9.06. The van der Waals surface area contributed by atoms with Gasteiger partial charge in [-0.25, -0.2) is 0 Å². The van der Waals surface area contributed by atoms with Gasteiger partial charge in [0.2, 0.25) is 11.8 Å². The number of carbonyl (C=O) groups excluding carboxylic acids is 2. The maximum Gasteiger partial charge on any atom is 0.237 e. The van der Waals surface area contributed by atoms with Crippen molar-refractivity contribution in [2.24, 2.45) is 0 Å². The van der Waals surface area contributed by atoms with E-state index in [1.807, 2.05) is 24.3 Å². The predicted molar refractivity (Wildman–Crippen MR) is 72.0 cm³/mol. The number of carbonyl (C=O) groups is 2. The molecule has 1 aromatic rings. The van der Waals surface area contributed by atoms with Crippen LogP contribution in [0.25, 0.3) is 0 Å². The van der Waals surface area contributed by atoms with E-state index in [2.05, 4.69) is 12.2 Å². The molecule has 4 nitrogen and oxygen atoms in total. The highest BCUT2D eigenvalue weighted by Crippen LogP contribution is 2.32. The minimum Gasteiger partial charge on any atom is -0.494 e. The van der Waals surface area contributed by atoms with E-state index >= 15 is 0 Å². The van der Waals surface area contributed by atoms with E-state index in [1.54, 1.807) is 6.92 Å². The van der Waals surface area contributed by atoms with Crippen LogP contribution in [0.15, 0.2) is 24.3 Å². The molecule has 0 spiro atoms. The van der Waals surface area contributed by atoms with Crippen LogP contribution in [-0.4, -0.2) is 18.4 Å². The second-order valence-electron chi connectivity index (χ2n) is 5.11. The molecule has 2 rings (SSSR count). The van der Waals surface area contributed by atoms with Crippen LogP contribution in [0, 0.1) is 0 Å². The Labute approximate surface area is 113 Å². The van der Waals surface area contributed by atoms with Crippen LogP contribution in [0.1, 0.15) is 38.7 Å². The summed E-state index contributed by atoms with van der Waals surface area (Å²) in [5.41, 5.74) is 0.0951. The fourth-order valence-corrected chi connectivity index (χ4v) is 2.20. The van der Waals surface area contributed by atoms with Crippen molar-refractivity contribution < 1.29 is 14.3 Å². The molecule has 1 aliphatic heterocycles. The molecular formula is C15H19NO3. The number of imide groups is 1. The fourth-order valence-electron chi connectivity index (χ4n) is 2.20. The molecule has 1 atom stereocenters. The third kappa shape index (κ3) is 2.78. The monoisotopic (exact) mass is 261 g/mol. The third-order valence-electron chi connectivity index (χ3n) is 3.53. The lowest BCUT2D eigenvalue weighted by atomic mass is 9.81. The summed E-state index contributed by atoms with van der Waals surface area (Å²) in [7, 11) is 0. The van der Waals surface area contributed by atoms with Gasteiger partial charge < -0.3 is 4.74 Å². The normalized spacial score (nSPS) is 22.4. The fraction of sp³-hybridized carbons (Fsp3) is 0.467. The van der Waals surface area contributed by atoms with Gasteiger partial charge in [-0.15, -0.1) is 0 Å². The molecule has 0 bridgehead atoms. The second-order valence-corrected chi connectivity index (χ2v) is 5.11. The van der Waals surface area contributed by atoms with Crippen molar-refractivity contribution in [1.29, 1.82) is 0 Å². The van der Waals surface area contributed by atoms with Gasteiger partial charge in [0.15, 0.2) is 0 Å². The van der Waals surface area contributed by atoms with Crippen LogP contribution >= 0.6 is 0 Å². The van der Waals surface area contributed by atoms with E-state index in [0.717, 1.165) is 24.2 Å². The first-order valence-electron chi connectivity index (χ1n) is 6.64. The van der Waals surface area contributed by atoms with Crippen molar-refractivity contribution in [3.05, 3.63) is 29.8 Å². The highest BCUT2D eigenvalue weighted by molar-refractivity contribution is 6.08. The topological polar surface area (TPSA) is 55.4 Å². The number of hydrogen-bond donors (Lipinski definition) is 1. The lowest BCUT2D eigenvalue weighted by Crippen LogP contribution is -2.32. The molecule has 0 radical (unpaired) electrons. The van der Waals surface area contributed by atoms with Crippen LogP contribution in [0.2, 0.25) is 0 Å². The van der Waals surface area contributed by atoms with Crippen molar-refractivity contribution in [3.63, 3.8) is 0 Å². The molecule has 1 fully saturated rings. The molecule has 0 unspecified atom stereocenters. The van der Waals surface area contributed by atoms with Gasteiger partial charge in [0, 0.05) is 6.42 Å². The summed E-state index contributed by atoms with van der Waals surface area (Å²) in [5.74, 6) is 0.360. The Morgan fingerprint density at radius 1 is 1.26 bits per heavy atom. The van der Waals surface area contributed by atoms with Crippen molar-refractivity contribution in [3.8, 4) is 5.75 Å². The Morgan fingerprint density at radius 2 is 1.95 bits per heavy atom. The van der Waals surface area contributed by atoms with Crippen molar-refractivity contribution in [2.45, 2.75) is 38.5 Å². The van der Waals surface area contributed by atoms with E-state index < -0.39 is 5.41 Å². The van der Waals surface area contributed by atoms with Crippen molar-refractivity contribution in [1.82, 2.24) is 5.32 Å². The Balaban J connectivity index is 2.10. The molecule has 0 aromatic heterocycles.